The van der Waals surface area contributed by atoms with Gasteiger partial charge in [-0.25, -0.2) is 9.78 Å². The fraction of sp³-hybridized carbons (Fsp3) is 0.0833. The highest BCUT2D eigenvalue weighted by Crippen LogP contribution is 2.15. The number of amides is 1. The van der Waals surface area contributed by atoms with Gasteiger partial charge in [-0.15, -0.1) is 0 Å². The van der Waals surface area contributed by atoms with E-state index < -0.39 is 0 Å². The summed E-state index contributed by atoms with van der Waals surface area (Å²) >= 11 is 0. The molecule has 0 fully saturated rings. The SMILES string of the molecule is N#CCOc1ccc(NC(=O)n2ccnc2)cc1. The van der Waals surface area contributed by atoms with Gasteiger partial charge in [0.15, 0.2) is 6.61 Å². The van der Waals surface area contributed by atoms with Crippen LogP contribution in [0.5, 0.6) is 5.75 Å². The van der Waals surface area contributed by atoms with Gasteiger partial charge in [-0.05, 0) is 24.3 Å². The molecular weight excluding hydrogens is 232 g/mol. The smallest absolute Gasteiger partial charge is 0.331 e. The molecule has 2 rings (SSSR count). The fourth-order valence-electron chi connectivity index (χ4n) is 1.32. The van der Waals surface area contributed by atoms with E-state index in [2.05, 4.69) is 10.3 Å². The summed E-state index contributed by atoms with van der Waals surface area (Å²) in [5.41, 5.74) is 0.637. The summed E-state index contributed by atoms with van der Waals surface area (Å²) in [4.78, 5) is 15.5. The standard InChI is InChI=1S/C12H10N4O2/c13-5-8-18-11-3-1-10(2-4-11)15-12(17)16-7-6-14-9-16/h1-4,6-7,9H,8H2,(H,15,17). The number of carbonyl (C=O) groups is 1. The van der Waals surface area contributed by atoms with E-state index in [0.717, 1.165) is 0 Å². The zero-order valence-electron chi connectivity index (χ0n) is 9.41. The van der Waals surface area contributed by atoms with Crippen molar-refractivity contribution in [2.24, 2.45) is 0 Å². The van der Waals surface area contributed by atoms with Crippen LogP contribution < -0.4 is 10.1 Å². The van der Waals surface area contributed by atoms with Gasteiger partial charge in [-0.1, -0.05) is 0 Å². The van der Waals surface area contributed by atoms with Gasteiger partial charge in [0.1, 0.15) is 18.1 Å². The van der Waals surface area contributed by atoms with Crippen molar-refractivity contribution in [2.45, 2.75) is 0 Å². The number of imidazole rings is 1. The topological polar surface area (TPSA) is 79.9 Å². The van der Waals surface area contributed by atoms with Crippen LogP contribution in [0.2, 0.25) is 0 Å². The predicted molar refractivity (Wildman–Crippen MR) is 64.2 cm³/mol. The number of nitrogens with zero attached hydrogens (tertiary/aromatic N) is 3. The van der Waals surface area contributed by atoms with Crippen LogP contribution in [0.3, 0.4) is 0 Å². The molecule has 0 saturated carbocycles. The molecule has 0 aliphatic rings. The van der Waals surface area contributed by atoms with Gasteiger partial charge in [-0.3, -0.25) is 4.57 Å². The van der Waals surface area contributed by atoms with Gasteiger partial charge in [-0.2, -0.15) is 5.26 Å². The van der Waals surface area contributed by atoms with Crippen LogP contribution in [0.4, 0.5) is 10.5 Å². The average molecular weight is 242 g/mol. The molecule has 0 bridgehead atoms. The normalized spacial score (nSPS) is 9.50. The second kappa shape index (κ2) is 5.50. The number of benzene rings is 1. The molecule has 6 heteroatoms. The highest BCUT2D eigenvalue weighted by molar-refractivity contribution is 5.90. The molecule has 0 radical (unpaired) electrons. The Bertz CT molecular complexity index is 555. The Kier molecular flexibility index (Phi) is 3.56. The highest BCUT2D eigenvalue weighted by atomic mass is 16.5. The average Bonchev–Trinajstić information content (AvgIpc) is 2.92. The van der Waals surface area contributed by atoms with Gasteiger partial charge in [0.2, 0.25) is 0 Å². The Morgan fingerprint density at radius 2 is 2.22 bits per heavy atom. The lowest BCUT2D eigenvalue weighted by atomic mass is 10.3. The number of ether oxygens (including phenoxy) is 1. The zero-order valence-corrected chi connectivity index (χ0v) is 9.41. The molecule has 1 aromatic heterocycles. The summed E-state index contributed by atoms with van der Waals surface area (Å²) in [5.74, 6) is 0.581. The third-order valence-electron chi connectivity index (χ3n) is 2.15. The first-order chi connectivity index (χ1) is 8.79. The summed E-state index contributed by atoms with van der Waals surface area (Å²) in [5, 5.41) is 11.1. The maximum absolute atomic E-state index is 11.7. The fourth-order valence-corrected chi connectivity index (χ4v) is 1.32. The Morgan fingerprint density at radius 3 is 2.83 bits per heavy atom. The molecule has 1 aromatic carbocycles. The first-order valence-electron chi connectivity index (χ1n) is 5.19. The van der Waals surface area contributed by atoms with Crippen LogP contribution in [0.25, 0.3) is 0 Å². The lowest BCUT2D eigenvalue weighted by Crippen LogP contribution is -2.17. The summed E-state index contributed by atoms with van der Waals surface area (Å²) in [6.45, 7) is 0.000737. The van der Waals surface area contributed by atoms with Crippen molar-refractivity contribution >= 4 is 11.7 Å². The van der Waals surface area contributed by atoms with E-state index in [-0.39, 0.29) is 12.6 Å². The maximum atomic E-state index is 11.7. The van der Waals surface area contributed by atoms with Gasteiger partial charge in [0, 0.05) is 18.1 Å². The summed E-state index contributed by atoms with van der Waals surface area (Å²) in [6, 6.07) is 8.34. The molecule has 1 amide bonds. The van der Waals surface area contributed by atoms with Crippen molar-refractivity contribution in [3.05, 3.63) is 43.0 Å². The zero-order chi connectivity index (χ0) is 12.8. The van der Waals surface area contributed by atoms with E-state index in [4.69, 9.17) is 10.00 Å². The Hall–Kier alpha value is -2.81. The Labute approximate surface area is 103 Å². The maximum Gasteiger partial charge on any atom is 0.331 e. The molecule has 18 heavy (non-hydrogen) atoms. The molecule has 2 aromatic rings. The number of anilines is 1. The third kappa shape index (κ3) is 2.86. The van der Waals surface area contributed by atoms with Crippen molar-refractivity contribution in [2.75, 3.05) is 11.9 Å². The van der Waals surface area contributed by atoms with Gasteiger partial charge < -0.3 is 10.1 Å². The van der Waals surface area contributed by atoms with E-state index in [0.29, 0.717) is 11.4 Å². The van der Waals surface area contributed by atoms with Crippen LogP contribution in [-0.2, 0) is 0 Å². The molecule has 0 atom stereocenters. The molecule has 0 spiro atoms. The number of hydrogen-bond acceptors (Lipinski definition) is 4. The molecule has 1 N–H and O–H groups in total. The van der Waals surface area contributed by atoms with Crippen LogP contribution in [0, 0.1) is 11.3 Å². The lowest BCUT2D eigenvalue weighted by Gasteiger charge is -2.06. The number of rotatable bonds is 3. The van der Waals surface area contributed by atoms with Gasteiger partial charge in [0.05, 0.1) is 0 Å². The second-order valence-corrected chi connectivity index (χ2v) is 3.37. The summed E-state index contributed by atoms with van der Waals surface area (Å²) < 4.78 is 6.43. The minimum Gasteiger partial charge on any atom is -0.479 e. The van der Waals surface area contributed by atoms with Crippen LogP contribution in [0.1, 0.15) is 0 Å². The molecular formula is C12H10N4O2. The van der Waals surface area contributed by atoms with E-state index in [1.165, 1.54) is 17.1 Å². The van der Waals surface area contributed by atoms with Crippen LogP contribution >= 0.6 is 0 Å². The van der Waals surface area contributed by atoms with E-state index in [1.54, 1.807) is 30.5 Å². The van der Waals surface area contributed by atoms with E-state index in [9.17, 15) is 4.79 Å². The summed E-state index contributed by atoms with van der Waals surface area (Å²) in [6.07, 6.45) is 4.50. The third-order valence-corrected chi connectivity index (χ3v) is 2.15. The van der Waals surface area contributed by atoms with Crippen molar-refractivity contribution < 1.29 is 9.53 Å². The lowest BCUT2D eigenvalue weighted by molar-refractivity contribution is 0.253. The molecule has 0 aliphatic carbocycles. The van der Waals surface area contributed by atoms with Crippen LogP contribution in [0.15, 0.2) is 43.0 Å². The van der Waals surface area contributed by atoms with E-state index >= 15 is 0 Å². The highest BCUT2D eigenvalue weighted by Gasteiger charge is 2.03. The van der Waals surface area contributed by atoms with Crippen molar-refractivity contribution in [3.63, 3.8) is 0 Å². The predicted octanol–water partition coefficient (Wildman–Crippen LogP) is 1.87. The molecule has 1 heterocycles. The monoisotopic (exact) mass is 242 g/mol. The van der Waals surface area contributed by atoms with Crippen LogP contribution in [-0.4, -0.2) is 22.2 Å². The Morgan fingerprint density at radius 1 is 1.44 bits per heavy atom. The number of aromatic nitrogens is 2. The van der Waals surface area contributed by atoms with Gasteiger partial charge in [0.25, 0.3) is 0 Å². The Balaban J connectivity index is 1.98. The number of carbonyl (C=O) groups excluding carboxylic acids is 1. The number of nitrogens with one attached hydrogen (secondary N) is 1. The number of nitriles is 1. The number of hydrogen-bond donors (Lipinski definition) is 1. The van der Waals surface area contributed by atoms with Gasteiger partial charge >= 0.3 is 6.03 Å². The minimum atomic E-state index is -0.293. The molecule has 0 saturated heterocycles. The largest absolute Gasteiger partial charge is 0.479 e. The first-order valence-corrected chi connectivity index (χ1v) is 5.19. The molecule has 90 valence electrons. The van der Waals surface area contributed by atoms with Crippen molar-refractivity contribution in [3.8, 4) is 11.8 Å². The van der Waals surface area contributed by atoms with E-state index in [1.807, 2.05) is 6.07 Å². The first kappa shape index (κ1) is 11.7. The second-order valence-electron chi connectivity index (χ2n) is 3.37. The molecule has 6 nitrogen and oxygen atoms in total. The quantitative estimate of drug-likeness (QED) is 0.890. The van der Waals surface area contributed by atoms with Crippen molar-refractivity contribution in [1.29, 1.82) is 5.26 Å². The molecule has 0 unspecified atom stereocenters. The minimum absolute atomic E-state index is 0.000737. The summed E-state index contributed by atoms with van der Waals surface area (Å²) in [7, 11) is 0. The molecule has 0 aliphatic heterocycles. The van der Waals surface area contributed by atoms with Crippen molar-refractivity contribution in [1.82, 2.24) is 9.55 Å².